The smallest absolute Gasteiger partial charge is 0.261 e. The summed E-state index contributed by atoms with van der Waals surface area (Å²) in [7, 11) is 0. The number of nitrogens with one attached hydrogen (secondary N) is 2. The molecule has 0 aliphatic heterocycles. The first kappa shape index (κ1) is 22.8. The lowest BCUT2D eigenvalue weighted by Gasteiger charge is -2.14. The SMILES string of the molecule is C=CCOc1cccc(NC(=S)NC(=O)c2ccccc2OCCOc2ccccc2)c1. The van der Waals surface area contributed by atoms with Crippen molar-refractivity contribution in [2.75, 3.05) is 25.1 Å². The summed E-state index contributed by atoms with van der Waals surface area (Å²) in [6, 6.07) is 23.7. The second kappa shape index (κ2) is 12.1. The molecule has 0 saturated heterocycles. The first-order chi connectivity index (χ1) is 15.7. The van der Waals surface area contributed by atoms with Crippen LogP contribution in [-0.2, 0) is 0 Å². The number of hydrogen-bond donors (Lipinski definition) is 2. The zero-order valence-electron chi connectivity index (χ0n) is 17.5. The molecular formula is C25H24N2O4S. The molecule has 7 heteroatoms. The Morgan fingerprint density at radius 1 is 0.875 bits per heavy atom. The predicted octanol–water partition coefficient (Wildman–Crippen LogP) is 4.84. The van der Waals surface area contributed by atoms with Gasteiger partial charge in [-0.2, -0.15) is 0 Å². The molecule has 1 amide bonds. The maximum atomic E-state index is 12.7. The van der Waals surface area contributed by atoms with Gasteiger partial charge in [-0.25, -0.2) is 0 Å². The molecule has 0 spiro atoms. The highest BCUT2D eigenvalue weighted by atomic mass is 32.1. The third-order valence-corrected chi connectivity index (χ3v) is 4.38. The third kappa shape index (κ3) is 7.14. The summed E-state index contributed by atoms with van der Waals surface area (Å²) < 4.78 is 16.9. The Bertz CT molecular complexity index is 1060. The van der Waals surface area contributed by atoms with Crippen molar-refractivity contribution in [3.8, 4) is 17.2 Å². The topological polar surface area (TPSA) is 68.8 Å². The van der Waals surface area contributed by atoms with Crippen LogP contribution in [-0.4, -0.2) is 30.8 Å². The summed E-state index contributed by atoms with van der Waals surface area (Å²) in [5, 5.41) is 5.82. The minimum absolute atomic E-state index is 0.165. The number of ether oxygens (including phenoxy) is 3. The Hall–Kier alpha value is -3.84. The van der Waals surface area contributed by atoms with Crippen molar-refractivity contribution in [1.29, 1.82) is 0 Å². The molecule has 0 bridgehead atoms. The van der Waals surface area contributed by atoms with Crippen LogP contribution in [0.15, 0.2) is 91.5 Å². The Labute approximate surface area is 192 Å². The lowest BCUT2D eigenvalue weighted by Crippen LogP contribution is -2.34. The van der Waals surface area contributed by atoms with Gasteiger partial charge in [0.1, 0.15) is 37.1 Å². The van der Waals surface area contributed by atoms with Crippen LogP contribution in [0, 0.1) is 0 Å². The van der Waals surface area contributed by atoms with Gasteiger partial charge in [0.2, 0.25) is 0 Å². The molecule has 0 saturated carbocycles. The Balaban J connectivity index is 1.53. The molecule has 6 nitrogen and oxygen atoms in total. The van der Waals surface area contributed by atoms with Crippen LogP contribution in [0.25, 0.3) is 0 Å². The molecule has 2 N–H and O–H groups in total. The molecule has 164 valence electrons. The van der Waals surface area contributed by atoms with Crippen molar-refractivity contribution >= 4 is 28.9 Å². The highest BCUT2D eigenvalue weighted by Crippen LogP contribution is 2.19. The van der Waals surface area contributed by atoms with Crippen LogP contribution < -0.4 is 24.8 Å². The Morgan fingerprint density at radius 3 is 2.41 bits per heavy atom. The standard InChI is InChI=1S/C25H24N2O4S/c1-2-15-29-21-12-8-9-19(18-21)26-25(32)27-24(28)22-13-6-7-14-23(22)31-17-16-30-20-10-4-3-5-11-20/h2-14,18H,1,15-17H2,(H2,26,27,28,32). The summed E-state index contributed by atoms with van der Waals surface area (Å²) in [4.78, 5) is 12.7. The maximum absolute atomic E-state index is 12.7. The molecule has 0 heterocycles. The fourth-order valence-corrected chi connectivity index (χ4v) is 2.97. The van der Waals surface area contributed by atoms with E-state index < -0.39 is 0 Å². The average Bonchev–Trinajstić information content (AvgIpc) is 2.81. The van der Waals surface area contributed by atoms with Gasteiger partial charge in [0.05, 0.1) is 5.56 Å². The summed E-state index contributed by atoms with van der Waals surface area (Å²) in [6.07, 6.45) is 1.66. The first-order valence-corrected chi connectivity index (χ1v) is 10.4. The van der Waals surface area contributed by atoms with Crippen LogP contribution >= 0.6 is 12.2 Å². The number of thiocarbonyl (C=S) groups is 1. The van der Waals surface area contributed by atoms with Gasteiger partial charge in [0.15, 0.2) is 5.11 Å². The molecule has 0 atom stereocenters. The molecule has 0 aliphatic rings. The van der Waals surface area contributed by atoms with Crippen molar-refractivity contribution in [2.45, 2.75) is 0 Å². The summed E-state index contributed by atoms with van der Waals surface area (Å²) in [5.41, 5.74) is 1.07. The van der Waals surface area contributed by atoms with Gasteiger partial charge < -0.3 is 19.5 Å². The molecule has 0 aliphatic carbocycles. The number of rotatable bonds is 10. The van der Waals surface area contributed by atoms with E-state index in [4.69, 9.17) is 26.4 Å². The van der Waals surface area contributed by atoms with E-state index in [-0.39, 0.29) is 11.0 Å². The molecular weight excluding hydrogens is 424 g/mol. The number of anilines is 1. The fraction of sp³-hybridized carbons (Fsp3) is 0.120. The highest BCUT2D eigenvalue weighted by Gasteiger charge is 2.14. The van der Waals surface area contributed by atoms with Crippen LogP contribution in [0.2, 0.25) is 0 Å². The van der Waals surface area contributed by atoms with E-state index in [0.29, 0.717) is 42.6 Å². The van der Waals surface area contributed by atoms with E-state index in [1.807, 2.05) is 48.5 Å². The van der Waals surface area contributed by atoms with E-state index in [0.717, 1.165) is 5.75 Å². The summed E-state index contributed by atoms with van der Waals surface area (Å²) >= 11 is 5.29. The van der Waals surface area contributed by atoms with Crippen LogP contribution in [0.3, 0.4) is 0 Å². The molecule has 0 aromatic heterocycles. The summed E-state index contributed by atoms with van der Waals surface area (Å²) in [5.74, 6) is 1.50. The van der Waals surface area contributed by atoms with E-state index in [9.17, 15) is 4.79 Å². The summed E-state index contributed by atoms with van der Waals surface area (Å²) in [6.45, 7) is 4.67. The van der Waals surface area contributed by atoms with Gasteiger partial charge in [0.25, 0.3) is 5.91 Å². The number of benzene rings is 3. The quantitative estimate of drug-likeness (QED) is 0.263. The average molecular weight is 449 g/mol. The van der Waals surface area contributed by atoms with Gasteiger partial charge in [-0.3, -0.25) is 10.1 Å². The van der Waals surface area contributed by atoms with Crippen molar-refractivity contribution in [1.82, 2.24) is 5.32 Å². The zero-order chi connectivity index (χ0) is 22.6. The highest BCUT2D eigenvalue weighted by molar-refractivity contribution is 7.80. The second-order valence-electron chi connectivity index (χ2n) is 6.54. The van der Waals surface area contributed by atoms with Gasteiger partial charge in [0, 0.05) is 11.8 Å². The van der Waals surface area contributed by atoms with Gasteiger partial charge in [-0.05, 0) is 48.6 Å². The third-order valence-electron chi connectivity index (χ3n) is 4.17. The van der Waals surface area contributed by atoms with Crippen LogP contribution in [0.1, 0.15) is 10.4 Å². The predicted molar refractivity (Wildman–Crippen MR) is 130 cm³/mol. The van der Waals surface area contributed by atoms with E-state index in [1.54, 1.807) is 36.4 Å². The lowest BCUT2D eigenvalue weighted by molar-refractivity contribution is 0.0972. The van der Waals surface area contributed by atoms with Crippen molar-refractivity contribution in [3.05, 3.63) is 97.1 Å². The van der Waals surface area contributed by atoms with E-state index in [1.165, 1.54) is 0 Å². The number of carbonyl (C=O) groups excluding carboxylic acids is 1. The Morgan fingerprint density at radius 2 is 1.59 bits per heavy atom. The molecule has 3 aromatic carbocycles. The zero-order valence-corrected chi connectivity index (χ0v) is 18.3. The van der Waals surface area contributed by atoms with E-state index in [2.05, 4.69) is 17.2 Å². The lowest BCUT2D eigenvalue weighted by atomic mass is 10.2. The van der Waals surface area contributed by atoms with Crippen LogP contribution in [0.4, 0.5) is 5.69 Å². The fourth-order valence-electron chi connectivity index (χ4n) is 2.76. The van der Waals surface area contributed by atoms with Crippen molar-refractivity contribution in [2.24, 2.45) is 0 Å². The molecule has 0 radical (unpaired) electrons. The molecule has 32 heavy (non-hydrogen) atoms. The minimum Gasteiger partial charge on any atom is -0.490 e. The second-order valence-corrected chi connectivity index (χ2v) is 6.95. The van der Waals surface area contributed by atoms with Gasteiger partial charge >= 0.3 is 0 Å². The van der Waals surface area contributed by atoms with Crippen LogP contribution in [0.5, 0.6) is 17.2 Å². The Kier molecular flexibility index (Phi) is 8.65. The maximum Gasteiger partial charge on any atom is 0.261 e. The number of hydrogen-bond acceptors (Lipinski definition) is 5. The minimum atomic E-state index is -0.374. The number of para-hydroxylation sites is 2. The monoisotopic (exact) mass is 448 g/mol. The van der Waals surface area contributed by atoms with E-state index >= 15 is 0 Å². The normalized spacial score (nSPS) is 10.0. The molecule has 0 fully saturated rings. The number of amides is 1. The van der Waals surface area contributed by atoms with Crippen molar-refractivity contribution < 1.29 is 19.0 Å². The molecule has 0 unspecified atom stereocenters. The van der Waals surface area contributed by atoms with Gasteiger partial charge in [-0.15, -0.1) is 0 Å². The first-order valence-electron chi connectivity index (χ1n) is 10.0. The number of carbonyl (C=O) groups is 1. The van der Waals surface area contributed by atoms with Crippen molar-refractivity contribution in [3.63, 3.8) is 0 Å². The largest absolute Gasteiger partial charge is 0.490 e. The molecule has 3 rings (SSSR count). The molecule has 3 aromatic rings. The van der Waals surface area contributed by atoms with Gasteiger partial charge in [-0.1, -0.05) is 49.1 Å².